The van der Waals surface area contributed by atoms with Crippen LogP contribution in [0.3, 0.4) is 0 Å². The summed E-state index contributed by atoms with van der Waals surface area (Å²) < 4.78 is 23.5. The fourth-order valence-electron chi connectivity index (χ4n) is 3.00. The van der Waals surface area contributed by atoms with Gasteiger partial charge in [-0.15, -0.1) is 0 Å². The molecule has 0 saturated carbocycles. The van der Waals surface area contributed by atoms with Gasteiger partial charge in [0.1, 0.15) is 17.6 Å². The van der Waals surface area contributed by atoms with E-state index in [1.54, 1.807) is 42.5 Å². The molecule has 0 fully saturated rings. The molecule has 1 heterocycles. The van der Waals surface area contributed by atoms with Gasteiger partial charge in [-0.2, -0.15) is 5.26 Å². The third-order valence-electron chi connectivity index (χ3n) is 4.75. The number of carbonyl (C=O) groups excluding carboxylic acids is 2. The van der Waals surface area contributed by atoms with Crippen LogP contribution in [0, 0.1) is 17.1 Å². The largest absolute Gasteiger partial charge is 0.494 e. The number of amides is 2. The number of halogens is 1. The summed E-state index contributed by atoms with van der Waals surface area (Å²) in [7, 11) is 1.51. The van der Waals surface area contributed by atoms with Crippen LogP contribution in [-0.4, -0.2) is 18.9 Å². The van der Waals surface area contributed by atoms with Gasteiger partial charge in [0.25, 0.3) is 11.8 Å². The molecule has 0 spiro atoms. The quantitative estimate of drug-likeness (QED) is 0.298. The monoisotopic (exact) mass is 487 g/mol. The number of ether oxygens (including phenoxy) is 1. The molecule has 9 nitrogen and oxygen atoms in total. The summed E-state index contributed by atoms with van der Waals surface area (Å²) in [5, 5.41) is 14.1. The molecule has 1 aromatic heterocycles. The van der Waals surface area contributed by atoms with E-state index >= 15 is 0 Å². The Bertz CT molecular complexity index is 1410. The Hall–Kier alpha value is -5.30. The molecule has 0 radical (unpaired) electrons. The number of nitrogens with zero attached hydrogens (tertiary/aromatic N) is 1. The maximum atomic E-state index is 13.4. The topological polar surface area (TPSA) is 156 Å². The lowest BCUT2D eigenvalue weighted by Crippen LogP contribution is -2.14. The number of carbonyl (C=O) groups is 2. The van der Waals surface area contributed by atoms with Crippen LogP contribution in [0.15, 0.2) is 83.5 Å². The van der Waals surface area contributed by atoms with Gasteiger partial charge in [0.05, 0.1) is 35.9 Å². The standard InChI is InChI=1S/C14H10FN3O.C12H12N2O3/c15-12-4-2-1-3-11(12)14(19)18-13-6-5-10(17)7-9(13)8-16;1-16-11-7-8(13)4-5-9(11)14-12(15)10-3-2-6-17-10/h1-7H,17H2,(H,18,19);2-7H,13H2,1H3,(H,14,15). The highest BCUT2D eigenvalue weighted by molar-refractivity contribution is 6.05. The predicted molar refractivity (Wildman–Crippen MR) is 134 cm³/mol. The van der Waals surface area contributed by atoms with Crippen molar-refractivity contribution in [3.8, 4) is 11.8 Å². The number of nitrogens with two attached hydrogens (primary N) is 2. The van der Waals surface area contributed by atoms with Crippen molar-refractivity contribution in [2.75, 3.05) is 29.2 Å². The number of nitriles is 1. The van der Waals surface area contributed by atoms with Gasteiger partial charge in [0.2, 0.25) is 0 Å². The summed E-state index contributed by atoms with van der Waals surface area (Å²) in [6.45, 7) is 0. The van der Waals surface area contributed by atoms with Crippen molar-refractivity contribution < 1.29 is 23.1 Å². The number of nitrogens with one attached hydrogen (secondary N) is 2. The minimum Gasteiger partial charge on any atom is -0.494 e. The Morgan fingerprint density at radius 1 is 0.917 bits per heavy atom. The summed E-state index contributed by atoms with van der Waals surface area (Å²) >= 11 is 0. The van der Waals surface area contributed by atoms with E-state index in [-0.39, 0.29) is 22.8 Å². The first-order chi connectivity index (χ1) is 17.3. The third-order valence-corrected chi connectivity index (χ3v) is 4.75. The van der Waals surface area contributed by atoms with Gasteiger partial charge < -0.3 is 31.3 Å². The normalized spacial score (nSPS) is 9.81. The van der Waals surface area contributed by atoms with Crippen molar-refractivity contribution in [1.29, 1.82) is 5.26 Å². The van der Waals surface area contributed by atoms with E-state index in [2.05, 4.69) is 10.6 Å². The zero-order valence-electron chi connectivity index (χ0n) is 19.1. The molecular weight excluding hydrogens is 465 g/mol. The van der Waals surface area contributed by atoms with Crippen LogP contribution < -0.4 is 26.8 Å². The molecule has 3 aromatic carbocycles. The van der Waals surface area contributed by atoms with E-state index in [4.69, 9.17) is 25.9 Å². The van der Waals surface area contributed by atoms with Crippen LogP contribution in [0.25, 0.3) is 0 Å². The number of hydrogen-bond donors (Lipinski definition) is 4. The molecule has 0 aliphatic heterocycles. The molecule has 0 atom stereocenters. The molecule has 0 unspecified atom stereocenters. The second-order valence-corrected chi connectivity index (χ2v) is 7.24. The Morgan fingerprint density at radius 2 is 1.58 bits per heavy atom. The number of anilines is 4. The minimum absolute atomic E-state index is 0.0804. The Labute approximate surface area is 206 Å². The van der Waals surface area contributed by atoms with Gasteiger partial charge in [-0.05, 0) is 54.6 Å². The molecule has 6 N–H and O–H groups in total. The molecule has 0 bridgehead atoms. The van der Waals surface area contributed by atoms with Crippen LogP contribution in [0.5, 0.6) is 5.75 Å². The van der Waals surface area contributed by atoms with Crippen molar-refractivity contribution in [3.05, 3.63) is 102 Å². The average molecular weight is 487 g/mol. The van der Waals surface area contributed by atoms with Crippen molar-refractivity contribution in [1.82, 2.24) is 0 Å². The predicted octanol–water partition coefficient (Wildman–Crippen LogP) is 4.65. The van der Waals surface area contributed by atoms with Gasteiger partial charge in [0, 0.05) is 17.4 Å². The highest BCUT2D eigenvalue weighted by atomic mass is 19.1. The van der Waals surface area contributed by atoms with Crippen molar-refractivity contribution in [2.45, 2.75) is 0 Å². The molecule has 182 valence electrons. The van der Waals surface area contributed by atoms with Crippen molar-refractivity contribution in [3.63, 3.8) is 0 Å². The van der Waals surface area contributed by atoms with Gasteiger partial charge in [-0.1, -0.05) is 12.1 Å². The van der Waals surface area contributed by atoms with E-state index in [9.17, 15) is 14.0 Å². The number of nitrogen functional groups attached to an aromatic ring is 2. The van der Waals surface area contributed by atoms with E-state index in [1.165, 1.54) is 43.7 Å². The second-order valence-electron chi connectivity index (χ2n) is 7.24. The fraction of sp³-hybridized carbons (Fsp3) is 0.0385. The number of rotatable bonds is 5. The van der Waals surface area contributed by atoms with Gasteiger partial charge in [-0.3, -0.25) is 9.59 Å². The number of methoxy groups -OCH3 is 1. The Balaban J connectivity index is 0.000000202. The number of hydrogen-bond acceptors (Lipinski definition) is 7. The first-order valence-electron chi connectivity index (χ1n) is 10.5. The lowest BCUT2D eigenvalue weighted by Gasteiger charge is -2.09. The lowest BCUT2D eigenvalue weighted by atomic mass is 10.1. The molecule has 4 rings (SSSR count). The molecule has 36 heavy (non-hydrogen) atoms. The lowest BCUT2D eigenvalue weighted by molar-refractivity contribution is 0.0994. The van der Waals surface area contributed by atoms with Crippen LogP contribution in [0.4, 0.5) is 27.1 Å². The molecule has 2 amide bonds. The van der Waals surface area contributed by atoms with Crippen LogP contribution in [0.1, 0.15) is 26.5 Å². The second kappa shape index (κ2) is 11.7. The van der Waals surface area contributed by atoms with Crippen molar-refractivity contribution in [2.24, 2.45) is 0 Å². The molecular formula is C26H22FN5O4. The molecule has 0 saturated heterocycles. The molecule has 0 aliphatic rings. The summed E-state index contributed by atoms with van der Waals surface area (Å²) in [6, 6.07) is 20.3. The van der Waals surface area contributed by atoms with E-state index in [0.29, 0.717) is 28.5 Å². The maximum absolute atomic E-state index is 13.4. The minimum atomic E-state index is -0.617. The van der Waals surface area contributed by atoms with Gasteiger partial charge >= 0.3 is 0 Å². The third kappa shape index (κ3) is 6.39. The average Bonchev–Trinajstić information content (AvgIpc) is 3.42. The van der Waals surface area contributed by atoms with Crippen LogP contribution in [-0.2, 0) is 0 Å². The van der Waals surface area contributed by atoms with Crippen LogP contribution in [0.2, 0.25) is 0 Å². The molecule has 10 heteroatoms. The number of benzene rings is 3. The summed E-state index contributed by atoms with van der Waals surface area (Å²) in [5.74, 6) is -0.819. The van der Waals surface area contributed by atoms with Crippen molar-refractivity contribution >= 4 is 34.6 Å². The fourth-order valence-corrected chi connectivity index (χ4v) is 3.00. The maximum Gasteiger partial charge on any atom is 0.291 e. The first-order valence-corrected chi connectivity index (χ1v) is 10.5. The van der Waals surface area contributed by atoms with Gasteiger partial charge in [0.15, 0.2) is 5.76 Å². The highest BCUT2D eigenvalue weighted by Gasteiger charge is 2.13. The summed E-state index contributed by atoms with van der Waals surface area (Å²) in [6.07, 6.45) is 1.44. The Morgan fingerprint density at radius 3 is 2.22 bits per heavy atom. The zero-order chi connectivity index (χ0) is 26.1. The van der Waals surface area contributed by atoms with E-state index in [1.807, 2.05) is 6.07 Å². The summed E-state index contributed by atoms with van der Waals surface area (Å²) in [5.41, 5.74) is 13.1. The van der Waals surface area contributed by atoms with Crippen LogP contribution >= 0.6 is 0 Å². The van der Waals surface area contributed by atoms with E-state index in [0.717, 1.165) is 0 Å². The SMILES string of the molecule is COc1cc(N)ccc1NC(=O)c1ccco1.N#Cc1cc(N)ccc1NC(=O)c1ccccc1F. The molecule has 4 aromatic rings. The summed E-state index contributed by atoms with van der Waals surface area (Å²) in [4.78, 5) is 23.6. The zero-order valence-corrected chi connectivity index (χ0v) is 19.1. The number of furan rings is 1. The molecule has 0 aliphatic carbocycles. The van der Waals surface area contributed by atoms with Gasteiger partial charge in [-0.25, -0.2) is 4.39 Å². The smallest absolute Gasteiger partial charge is 0.291 e. The first kappa shape index (κ1) is 25.3. The Kier molecular flexibility index (Phi) is 8.24. The van der Waals surface area contributed by atoms with E-state index < -0.39 is 11.7 Å². The highest BCUT2D eigenvalue weighted by Crippen LogP contribution is 2.27.